The van der Waals surface area contributed by atoms with Crippen molar-refractivity contribution in [2.45, 2.75) is 31.2 Å². The number of hydrogen-bond donors (Lipinski definition) is 1. The largest absolute Gasteiger partial charge is 0.375 e. The topological polar surface area (TPSA) is 80.5 Å². The van der Waals surface area contributed by atoms with E-state index in [-0.39, 0.29) is 27.8 Å². The first-order valence-corrected chi connectivity index (χ1v) is 15.8. The van der Waals surface area contributed by atoms with Crippen LogP contribution >= 0.6 is 62.4 Å². The van der Waals surface area contributed by atoms with Crippen LogP contribution in [0.15, 0.2) is 30.7 Å². The molecule has 0 aliphatic carbocycles. The molecule has 0 radical (unpaired) electrons. The molecule has 4 unspecified atom stereocenters. The first-order valence-electron chi connectivity index (χ1n) is 10.1. The molecule has 184 valence electrons. The standard InChI is InChI=1S/C19H21Cl2FN4O4P2S2/c20-13-2-1-12(14(21)5-13)10-34-31-28-4-3-26-18(25-16-6-23-11-24-19(16)26)9-29-32(33)30-17-8-27-7-15(17)22/h1-2,5-6,11,15,17,31,33H,3-4,7-10H2. The SMILES string of the molecule is FC1COCC1OP(S)OCc1nc2cncnc2n1CCOPSCc1ccc(Cl)cc1Cl. The lowest BCUT2D eigenvalue weighted by molar-refractivity contribution is 0.123. The minimum atomic E-state index is -1.60. The second kappa shape index (κ2) is 13.3. The molecule has 1 fully saturated rings. The van der Waals surface area contributed by atoms with Gasteiger partial charge in [0.1, 0.15) is 30.4 Å². The van der Waals surface area contributed by atoms with Gasteiger partial charge in [0, 0.05) is 22.3 Å². The minimum absolute atomic E-state index is 0.0295. The van der Waals surface area contributed by atoms with Gasteiger partial charge in [-0.2, -0.15) is 0 Å². The van der Waals surface area contributed by atoms with Crippen LogP contribution < -0.4 is 0 Å². The van der Waals surface area contributed by atoms with Gasteiger partial charge in [0.15, 0.2) is 11.8 Å². The molecule has 2 aromatic heterocycles. The van der Waals surface area contributed by atoms with Gasteiger partial charge in [-0.1, -0.05) is 41.5 Å². The quantitative estimate of drug-likeness (QED) is 0.157. The average molecular weight is 585 g/mol. The van der Waals surface area contributed by atoms with Crippen LogP contribution in [0.4, 0.5) is 4.39 Å². The Bertz CT molecular complexity index is 1110. The maximum atomic E-state index is 13.7. The van der Waals surface area contributed by atoms with E-state index in [1.165, 1.54) is 6.33 Å². The van der Waals surface area contributed by atoms with Gasteiger partial charge >= 0.3 is 0 Å². The van der Waals surface area contributed by atoms with E-state index in [0.29, 0.717) is 40.2 Å². The van der Waals surface area contributed by atoms with Crippen molar-refractivity contribution in [3.63, 3.8) is 0 Å². The molecule has 0 amide bonds. The molecule has 3 aromatic rings. The molecular weight excluding hydrogens is 564 g/mol. The van der Waals surface area contributed by atoms with Crippen molar-refractivity contribution in [3.8, 4) is 0 Å². The molecule has 0 saturated carbocycles. The first kappa shape index (κ1) is 26.7. The Morgan fingerprint density at radius 1 is 1.35 bits per heavy atom. The molecule has 3 heterocycles. The van der Waals surface area contributed by atoms with Gasteiger partial charge in [0.05, 0.1) is 34.0 Å². The molecule has 1 aromatic carbocycles. The summed E-state index contributed by atoms with van der Waals surface area (Å²) in [4.78, 5) is 12.9. The van der Waals surface area contributed by atoms with E-state index in [9.17, 15) is 4.39 Å². The number of rotatable bonds is 12. The highest BCUT2D eigenvalue weighted by Gasteiger charge is 2.31. The van der Waals surface area contributed by atoms with Gasteiger partial charge in [0.2, 0.25) is 7.58 Å². The molecule has 15 heteroatoms. The average Bonchev–Trinajstić information content (AvgIpc) is 3.38. The number of fused-ring (bicyclic) bond motifs is 1. The van der Waals surface area contributed by atoms with Crippen LogP contribution in [0, 0.1) is 0 Å². The lowest BCUT2D eigenvalue weighted by atomic mass is 10.2. The maximum absolute atomic E-state index is 13.7. The third kappa shape index (κ3) is 7.35. The molecule has 8 nitrogen and oxygen atoms in total. The van der Waals surface area contributed by atoms with Crippen LogP contribution in [-0.4, -0.2) is 51.6 Å². The number of alkyl halides is 1. The van der Waals surface area contributed by atoms with E-state index in [0.717, 1.165) is 11.3 Å². The van der Waals surface area contributed by atoms with E-state index in [1.54, 1.807) is 23.6 Å². The Hall–Kier alpha value is -0.320. The summed E-state index contributed by atoms with van der Waals surface area (Å²) < 4.78 is 37.7. The number of hydrogen-bond acceptors (Lipinski definition) is 9. The third-order valence-electron chi connectivity index (χ3n) is 4.76. The third-order valence-corrected chi connectivity index (χ3v) is 8.81. The zero-order chi connectivity index (χ0) is 23.9. The number of nitrogens with zero attached hydrogens (tertiary/aromatic N) is 4. The molecule has 34 heavy (non-hydrogen) atoms. The van der Waals surface area contributed by atoms with E-state index < -0.39 is 19.9 Å². The van der Waals surface area contributed by atoms with Crippen molar-refractivity contribution in [2.75, 3.05) is 19.8 Å². The molecule has 1 saturated heterocycles. The van der Waals surface area contributed by atoms with Crippen LogP contribution in [0.3, 0.4) is 0 Å². The van der Waals surface area contributed by atoms with Crippen LogP contribution in [-0.2, 0) is 37.2 Å². The lowest BCUT2D eigenvalue weighted by Gasteiger charge is -2.17. The van der Waals surface area contributed by atoms with Gasteiger partial charge in [-0.25, -0.2) is 19.3 Å². The number of aromatic nitrogens is 4. The van der Waals surface area contributed by atoms with Crippen molar-refractivity contribution in [3.05, 3.63) is 52.2 Å². The number of thiol groups is 1. The Morgan fingerprint density at radius 2 is 2.24 bits per heavy atom. The molecule has 0 N–H and O–H groups in total. The highest BCUT2D eigenvalue weighted by Crippen LogP contribution is 2.46. The predicted molar refractivity (Wildman–Crippen MR) is 139 cm³/mol. The Kier molecular flexibility index (Phi) is 10.4. The highest BCUT2D eigenvalue weighted by molar-refractivity contribution is 8.47. The van der Waals surface area contributed by atoms with E-state index in [4.69, 9.17) is 41.5 Å². The molecular formula is C19H21Cl2FN4O4P2S2. The smallest absolute Gasteiger partial charge is 0.235 e. The minimum Gasteiger partial charge on any atom is -0.375 e. The summed E-state index contributed by atoms with van der Waals surface area (Å²) in [6.45, 7) is 1.33. The fourth-order valence-corrected chi connectivity index (χ4v) is 6.77. The summed E-state index contributed by atoms with van der Waals surface area (Å²) in [5.74, 6) is 1.36. The first-order chi connectivity index (χ1) is 16.5. The van der Waals surface area contributed by atoms with Crippen molar-refractivity contribution < 1.29 is 22.7 Å². The van der Waals surface area contributed by atoms with Crippen molar-refractivity contribution in [2.24, 2.45) is 0 Å². The molecule has 1 aliphatic heterocycles. The van der Waals surface area contributed by atoms with Gasteiger partial charge in [-0.3, -0.25) is 0 Å². The van der Waals surface area contributed by atoms with Gasteiger partial charge in [-0.15, -0.1) is 11.4 Å². The van der Waals surface area contributed by atoms with Gasteiger partial charge < -0.3 is 22.9 Å². The highest BCUT2D eigenvalue weighted by atomic mass is 35.5. The number of halogens is 3. The predicted octanol–water partition coefficient (Wildman–Crippen LogP) is 6.02. The van der Waals surface area contributed by atoms with Crippen LogP contribution in [0.5, 0.6) is 0 Å². The number of benzene rings is 1. The van der Waals surface area contributed by atoms with Crippen LogP contribution in [0.2, 0.25) is 10.0 Å². The lowest BCUT2D eigenvalue weighted by Crippen LogP contribution is -2.21. The fraction of sp³-hybridized carbons (Fsp3) is 0.421. The molecule has 4 rings (SSSR count). The molecule has 4 atom stereocenters. The zero-order valence-corrected chi connectivity index (χ0v) is 22.8. The molecule has 1 aliphatic rings. The van der Waals surface area contributed by atoms with Gasteiger partial charge in [-0.05, 0) is 17.7 Å². The Morgan fingerprint density at radius 3 is 3.03 bits per heavy atom. The van der Waals surface area contributed by atoms with Crippen molar-refractivity contribution >= 4 is 73.6 Å². The van der Waals surface area contributed by atoms with E-state index in [1.807, 2.05) is 16.7 Å². The summed E-state index contributed by atoms with van der Waals surface area (Å²) >= 11 is 18.1. The van der Waals surface area contributed by atoms with E-state index >= 15 is 0 Å². The molecule has 0 spiro atoms. The number of imidazole rings is 1. The maximum Gasteiger partial charge on any atom is 0.235 e. The van der Waals surface area contributed by atoms with Crippen LogP contribution in [0.1, 0.15) is 11.4 Å². The van der Waals surface area contributed by atoms with Gasteiger partial charge in [0.25, 0.3) is 0 Å². The fourth-order valence-electron chi connectivity index (χ4n) is 3.10. The summed E-state index contributed by atoms with van der Waals surface area (Å²) in [6, 6.07) is 5.47. The summed E-state index contributed by atoms with van der Waals surface area (Å²) in [5, 5.41) is 1.26. The summed E-state index contributed by atoms with van der Waals surface area (Å²) in [5.41, 5.74) is 2.34. The Labute approximate surface area is 218 Å². The monoisotopic (exact) mass is 584 g/mol. The summed E-state index contributed by atoms with van der Waals surface area (Å²) in [6.07, 6.45) is 1.27. The second-order valence-electron chi connectivity index (χ2n) is 7.08. The second-order valence-corrected chi connectivity index (χ2v) is 12.2. The van der Waals surface area contributed by atoms with Crippen molar-refractivity contribution in [1.82, 2.24) is 19.5 Å². The molecule has 0 bridgehead atoms. The summed E-state index contributed by atoms with van der Waals surface area (Å²) in [7, 11) is -1.36. The Balaban J connectivity index is 1.27. The zero-order valence-electron chi connectivity index (χ0n) is 17.6. The van der Waals surface area contributed by atoms with Crippen LogP contribution in [0.25, 0.3) is 11.2 Å². The number of ether oxygens (including phenoxy) is 1. The van der Waals surface area contributed by atoms with Crippen molar-refractivity contribution in [1.29, 1.82) is 0 Å². The normalized spacial score (nSPS) is 19.5. The van der Waals surface area contributed by atoms with E-state index in [2.05, 4.69) is 27.2 Å².